The van der Waals surface area contributed by atoms with Gasteiger partial charge in [0.25, 0.3) is 0 Å². The maximum Gasteiger partial charge on any atom is 0.0366 e. The standard InChI is InChI=1S/C19H32N2/c1-2-3-4-5-6-7-14-20-17-18-10-12-19(13-11-18)21-15-8-9-16-21/h10-13,20H,2-9,14-17H2,1H3. The van der Waals surface area contributed by atoms with Gasteiger partial charge in [-0.25, -0.2) is 0 Å². The second kappa shape index (κ2) is 9.83. The van der Waals surface area contributed by atoms with E-state index in [-0.39, 0.29) is 0 Å². The van der Waals surface area contributed by atoms with Gasteiger partial charge in [-0.05, 0) is 43.5 Å². The molecule has 1 aliphatic rings. The molecule has 0 radical (unpaired) electrons. The fourth-order valence-electron chi connectivity index (χ4n) is 3.06. The van der Waals surface area contributed by atoms with E-state index in [2.05, 4.69) is 41.4 Å². The van der Waals surface area contributed by atoms with E-state index in [0.717, 1.165) is 13.1 Å². The van der Waals surface area contributed by atoms with Crippen LogP contribution in [0.4, 0.5) is 5.69 Å². The quantitative estimate of drug-likeness (QED) is 0.626. The molecule has 0 aromatic heterocycles. The Balaban J connectivity index is 1.56. The molecule has 0 spiro atoms. The summed E-state index contributed by atoms with van der Waals surface area (Å²) in [5.74, 6) is 0. The van der Waals surface area contributed by atoms with Gasteiger partial charge in [0.2, 0.25) is 0 Å². The van der Waals surface area contributed by atoms with Crippen molar-refractivity contribution in [3.63, 3.8) is 0 Å². The molecule has 2 rings (SSSR count). The predicted molar refractivity (Wildman–Crippen MR) is 93.0 cm³/mol. The molecule has 0 bridgehead atoms. The zero-order valence-corrected chi connectivity index (χ0v) is 13.7. The minimum atomic E-state index is 1.01. The molecule has 118 valence electrons. The molecule has 1 saturated heterocycles. The van der Waals surface area contributed by atoms with Crippen LogP contribution in [0.5, 0.6) is 0 Å². The summed E-state index contributed by atoms with van der Waals surface area (Å²) < 4.78 is 0. The first kappa shape index (κ1) is 16.4. The van der Waals surface area contributed by atoms with E-state index in [1.165, 1.54) is 75.7 Å². The summed E-state index contributed by atoms with van der Waals surface area (Å²) in [6.07, 6.45) is 10.9. The lowest BCUT2D eigenvalue weighted by Gasteiger charge is -2.17. The van der Waals surface area contributed by atoms with Crippen LogP contribution >= 0.6 is 0 Å². The van der Waals surface area contributed by atoms with Gasteiger partial charge in [0, 0.05) is 25.3 Å². The Labute approximate surface area is 130 Å². The molecule has 2 heteroatoms. The molecule has 21 heavy (non-hydrogen) atoms. The second-order valence-corrected chi connectivity index (χ2v) is 6.31. The van der Waals surface area contributed by atoms with Crippen LogP contribution in [0.3, 0.4) is 0 Å². The van der Waals surface area contributed by atoms with Gasteiger partial charge in [0.1, 0.15) is 0 Å². The van der Waals surface area contributed by atoms with Gasteiger partial charge < -0.3 is 10.2 Å². The van der Waals surface area contributed by atoms with Crippen LogP contribution in [0.15, 0.2) is 24.3 Å². The van der Waals surface area contributed by atoms with Crippen molar-refractivity contribution in [3.8, 4) is 0 Å². The summed E-state index contributed by atoms with van der Waals surface area (Å²) in [6, 6.07) is 9.13. The summed E-state index contributed by atoms with van der Waals surface area (Å²) >= 11 is 0. The number of benzene rings is 1. The van der Waals surface area contributed by atoms with Gasteiger partial charge in [-0.15, -0.1) is 0 Å². The normalized spacial score (nSPS) is 14.8. The highest BCUT2D eigenvalue weighted by Crippen LogP contribution is 2.20. The van der Waals surface area contributed by atoms with Gasteiger partial charge in [-0.2, -0.15) is 0 Å². The lowest BCUT2D eigenvalue weighted by Crippen LogP contribution is -2.18. The lowest BCUT2D eigenvalue weighted by atomic mass is 10.1. The van der Waals surface area contributed by atoms with Crippen molar-refractivity contribution in [3.05, 3.63) is 29.8 Å². The SMILES string of the molecule is CCCCCCCCNCc1ccc(N2CCCC2)cc1. The van der Waals surface area contributed by atoms with Crippen molar-refractivity contribution in [1.29, 1.82) is 0 Å². The molecule has 1 N–H and O–H groups in total. The van der Waals surface area contributed by atoms with Crippen molar-refractivity contribution >= 4 is 5.69 Å². The number of unbranched alkanes of at least 4 members (excludes halogenated alkanes) is 5. The largest absolute Gasteiger partial charge is 0.372 e. The van der Waals surface area contributed by atoms with Crippen LogP contribution in [-0.4, -0.2) is 19.6 Å². The maximum absolute atomic E-state index is 3.57. The third-order valence-corrected chi connectivity index (χ3v) is 4.44. The van der Waals surface area contributed by atoms with E-state index >= 15 is 0 Å². The van der Waals surface area contributed by atoms with E-state index in [4.69, 9.17) is 0 Å². The van der Waals surface area contributed by atoms with Gasteiger partial charge in [0.15, 0.2) is 0 Å². The highest BCUT2D eigenvalue weighted by molar-refractivity contribution is 5.48. The van der Waals surface area contributed by atoms with Crippen LogP contribution in [0.1, 0.15) is 63.9 Å². The Morgan fingerprint density at radius 2 is 1.57 bits per heavy atom. The molecule has 0 aliphatic carbocycles. The molecule has 0 saturated carbocycles. The minimum absolute atomic E-state index is 1.01. The van der Waals surface area contributed by atoms with Crippen LogP contribution in [0, 0.1) is 0 Å². The zero-order valence-electron chi connectivity index (χ0n) is 13.7. The second-order valence-electron chi connectivity index (χ2n) is 6.31. The summed E-state index contributed by atoms with van der Waals surface area (Å²) in [4.78, 5) is 2.49. The molecule has 1 fully saturated rings. The molecule has 0 unspecified atom stereocenters. The summed E-state index contributed by atoms with van der Waals surface area (Å²) in [5.41, 5.74) is 2.80. The highest BCUT2D eigenvalue weighted by Gasteiger charge is 2.11. The van der Waals surface area contributed by atoms with Gasteiger partial charge >= 0.3 is 0 Å². The number of anilines is 1. The van der Waals surface area contributed by atoms with E-state index in [0.29, 0.717) is 0 Å². The van der Waals surface area contributed by atoms with E-state index in [1.54, 1.807) is 0 Å². The number of rotatable bonds is 10. The third kappa shape index (κ3) is 6.09. The smallest absolute Gasteiger partial charge is 0.0366 e. The Morgan fingerprint density at radius 1 is 0.905 bits per heavy atom. The summed E-state index contributed by atoms with van der Waals surface area (Å²) in [7, 11) is 0. The fourth-order valence-corrected chi connectivity index (χ4v) is 3.06. The number of hydrogen-bond donors (Lipinski definition) is 1. The zero-order chi connectivity index (χ0) is 14.8. The summed E-state index contributed by atoms with van der Waals surface area (Å²) in [5, 5.41) is 3.57. The van der Waals surface area contributed by atoms with E-state index in [9.17, 15) is 0 Å². The minimum Gasteiger partial charge on any atom is -0.372 e. The van der Waals surface area contributed by atoms with Crippen LogP contribution < -0.4 is 10.2 Å². The molecular formula is C19H32N2. The molecule has 1 aromatic carbocycles. The number of nitrogens with one attached hydrogen (secondary N) is 1. The summed E-state index contributed by atoms with van der Waals surface area (Å²) in [6.45, 7) is 6.90. The van der Waals surface area contributed by atoms with Crippen LogP contribution in [0.25, 0.3) is 0 Å². The Kier molecular flexibility index (Phi) is 7.66. The first-order chi connectivity index (χ1) is 10.4. The lowest BCUT2D eigenvalue weighted by molar-refractivity contribution is 0.572. The first-order valence-electron chi connectivity index (χ1n) is 8.95. The van der Waals surface area contributed by atoms with Gasteiger partial charge in [-0.1, -0.05) is 51.2 Å². The Bertz CT molecular complexity index is 366. The van der Waals surface area contributed by atoms with Gasteiger partial charge in [0.05, 0.1) is 0 Å². The van der Waals surface area contributed by atoms with Crippen molar-refractivity contribution in [2.75, 3.05) is 24.5 Å². The Hall–Kier alpha value is -1.02. The number of hydrogen-bond acceptors (Lipinski definition) is 2. The molecule has 1 heterocycles. The fraction of sp³-hybridized carbons (Fsp3) is 0.684. The van der Waals surface area contributed by atoms with Crippen LogP contribution in [-0.2, 0) is 6.54 Å². The van der Waals surface area contributed by atoms with E-state index < -0.39 is 0 Å². The molecule has 2 nitrogen and oxygen atoms in total. The molecule has 1 aliphatic heterocycles. The topological polar surface area (TPSA) is 15.3 Å². The highest BCUT2D eigenvalue weighted by atomic mass is 15.1. The molecular weight excluding hydrogens is 256 g/mol. The Morgan fingerprint density at radius 3 is 2.29 bits per heavy atom. The van der Waals surface area contributed by atoms with E-state index in [1.807, 2.05) is 0 Å². The predicted octanol–water partition coefficient (Wildman–Crippen LogP) is 4.74. The van der Waals surface area contributed by atoms with Crippen LogP contribution in [0.2, 0.25) is 0 Å². The van der Waals surface area contributed by atoms with Crippen molar-refractivity contribution in [2.45, 2.75) is 64.8 Å². The van der Waals surface area contributed by atoms with Gasteiger partial charge in [-0.3, -0.25) is 0 Å². The average molecular weight is 288 g/mol. The first-order valence-corrected chi connectivity index (χ1v) is 8.95. The molecule has 1 aromatic rings. The monoisotopic (exact) mass is 288 g/mol. The molecule has 0 atom stereocenters. The molecule has 0 amide bonds. The third-order valence-electron chi connectivity index (χ3n) is 4.44. The van der Waals surface area contributed by atoms with Crippen molar-refractivity contribution in [2.24, 2.45) is 0 Å². The van der Waals surface area contributed by atoms with Crippen molar-refractivity contribution < 1.29 is 0 Å². The average Bonchev–Trinajstić information content (AvgIpc) is 3.05. The maximum atomic E-state index is 3.57. The number of nitrogens with zero attached hydrogens (tertiary/aromatic N) is 1. The van der Waals surface area contributed by atoms with Crippen molar-refractivity contribution in [1.82, 2.24) is 5.32 Å².